The molecule has 0 saturated carbocycles. The van der Waals surface area contributed by atoms with Crippen LogP contribution in [0, 0.1) is 0 Å². The Balaban J connectivity index is 2.05. The van der Waals surface area contributed by atoms with Gasteiger partial charge in [-0.15, -0.1) is 0 Å². The molecule has 0 saturated heterocycles. The first-order valence-electron chi connectivity index (χ1n) is 6.01. The third-order valence-corrected chi connectivity index (χ3v) is 4.66. The van der Waals surface area contributed by atoms with E-state index in [4.69, 9.17) is 0 Å². The van der Waals surface area contributed by atoms with Gasteiger partial charge in [-0.2, -0.15) is 0 Å². The SMILES string of the molecule is CC(Cc1ccc(Br)cc1)Nc1c(Br)cccc1Br. The fourth-order valence-corrected chi connectivity index (χ4v) is 3.40. The lowest BCUT2D eigenvalue weighted by Gasteiger charge is -2.18. The number of halogens is 3. The van der Waals surface area contributed by atoms with Crippen LogP contribution in [0.5, 0.6) is 0 Å². The largest absolute Gasteiger partial charge is 0.380 e. The summed E-state index contributed by atoms with van der Waals surface area (Å²) in [6, 6.07) is 14.9. The van der Waals surface area contributed by atoms with Gasteiger partial charge in [0.25, 0.3) is 0 Å². The highest BCUT2D eigenvalue weighted by Crippen LogP contribution is 2.31. The van der Waals surface area contributed by atoms with Gasteiger partial charge >= 0.3 is 0 Å². The van der Waals surface area contributed by atoms with Crippen molar-refractivity contribution in [2.24, 2.45) is 0 Å². The number of nitrogens with one attached hydrogen (secondary N) is 1. The Morgan fingerprint density at radius 1 is 0.947 bits per heavy atom. The normalized spacial score (nSPS) is 12.2. The molecule has 2 aromatic carbocycles. The summed E-state index contributed by atoms with van der Waals surface area (Å²) < 4.78 is 3.26. The smallest absolute Gasteiger partial charge is 0.0631 e. The molecule has 0 aliphatic rings. The van der Waals surface area contributed by atoms with Gasteiger partial charge in [-0.25, -0.2) is 0 Å². The molecular weight excluding hydrogens is 434 g/mol. The summed E-state index contributed by atoms with van der Waals surface area (Å²) in [4.78, 5) is 0. The van der Waals surface area contributed by atoms with Gasteiger partial charge in [0.15, 0.2) is 0 Å². The van der Waals surface area contributed by atoms with Gasteiger partial charge in [-0.1, -0.05) is 34.1 Å². The Bertz CT molecular complexity index is 532. The van der Waals surface area contributed by atoms with E-state index in [2.05, 4.69) is 84.3 Å². The Labute approximate surface area is 139 Å². The molecule has 2 rings (SSSR count). The number of hydrogen-bond donors (Lipinski definition) is 1. The maximum atomic E-state index is 3.57. The third-order valence-electron chi connectivity index (χ3n) is 2.81. The van der Waals surface area contributed by atoms with Crippen molar-refractivity contribution in [3.63, 3.8) is 0 Å². The summed E-state index contributed by atoms with van der Waals surface area (Å²) >= 11 is 10.6. The van der Waals surface area contributed by atoms with Crippen molar-refractivity contribution in [3.8, 4) is 0 Å². The average Bonchev–Trinajstić information content (AvgIpc) is 2.37. The van der Waals surface area contributed by atoms with Gasteiger partial charge in [0, 0.05) is 19.5 Å². The summed E-state index contributed by atoms with van der Waals surface area (Å²) in [5.41, 5.74) is 2.43. The topological polar surface area (TPSA) is 12.0 Å². The molecule has 1 unspecified atom stereocenters. The number of rotatable bonds is 4. The molecule has 0 aliphatic heterocycles. The van der Waals surface area contributed by atoms with E-state index in [0.29, 0.717) is 6.04 Å². The molecule has 1 atom stereocenters. The van der Waals surface area contributed by atoms with Gasteiger partial charge in [0.2, 0.25) is 0 Å². The minimum absolute atomic E-state index is 0.358. The third kappa shape index (κ3) is 4.33. The van der Waals surface area contributed by atoms with E-state index in [0.717, 1.165) is 25.5 Å². The van der Waals surface area contributed by atoms with Crippen LogP contribution in [-0.2, 0) is 6.42 Å². The quantitative estimate of drug-likeness (QED) is 0.604. The van der Waals surface area contributed by atoms with E-state index in [1.165, 1.54) is 5.56 Å². The number of anilines is 1. The van der Waals surface area contributed by atoms with Gasteiger partial charge in [0.1, 0.15) is 0 Å². The Morgan fingerprint density at radius 3 is 2.11 bits per heavy atom. The van der Waals surface area contributed by atoms with Crippen LogP contribution in [0.25, 0.3) is 0 Å². The van der Waals surface area contributed by atoms with E-state index in [-0.39, 0.29) is 0 Å². The Morgan fingerprint density at radius 2 is 1.53 bits per heavy atom. The summed E-state index contributed by atoms with van der Waals surface area (Å²) in [6.07, 6.45) is 0.987. The van der Waals surface area contributed by atoms with E-state index in [1.54, 1.807) is 0 Å². The van der Waals surface area contributed by atoms with Crippen molar-refractivity contribution in [1.29, 1.82) is 0 Å². The highest BCUT2D eigenvalue weighted by Gasteiger charge is 2.09. The molecule has 19 heavy (non-hydrogen) atoms. The standard InChI is InChI=1S/C15H14Br3N/c1-10(9-11-5-7-12(16)8-6-11)19-15-13(17)3-2-4-14(15)18/h2-8,10,19H,9H2,1H3. The molecule has 4 heteroatoms. The van der Waals surface area contributed by atoms with Crippen molar-refractivity contribution in [2.45, 2.75) is 19.4 Å². The van der Waals surface area contributed by atoms with Crippen LogP contribution in [0.2, 0.25) is 0 Å². The molecule has 0 aliphatic carbocycles. The molecule has 0 heterocycles. The summed E-state index contributed by atoms with van der Waals surface area (Å²) in [6.45, 7) is 2.19. The van der Waals surface area contributed by atoms with Crippen LogP contribution in [0.1, 0.15) is 12.5 Å². The number of benzene rings is 2. The maximum Gasteiger partial charge on any atom is 0.0631 e. The number of hydrogen-bond acceptors (Lipinski definition) is 1. The van der Waals surface area contributed by atoms with Crippen LogP contribution < -0.4 is 5.32 Å². The van der Waals surface area contributed by atoms with Gasteiger partial charge in [-0.3, -0.25) is 0 Å². The van der Waals surface area contributed by atoms with E-state index >= 15 is 0 Å². The number of para-hydroxylation sites is 1. The lowest BCUT2D eigenvalue weighted by molar-refractivity contribution is 0.789. The predicted octanol–water partition coefficient (Wildman–Crippen LogP) is 6.02. The summed E-state index contributed by atoms with van der Waals surface area (Å²) in [7, 11) is 0. The maximum absolute atomic E-state index is 3.57. The zero-order valence-electron chi connectivity index (χ0n) is 10.5. The monoisotopic (exact) mass is 445 g/mol. The fraction of sp³-hybridized carbons (Fsp3) is 0.200. The zero-order valence-corrected chi connectivity index (χ0v) is 15.2. The second kappa shape index (κ2) is 6.91. The van der Waals surface area contributed by atoms with Crippen molar-refractivity contribution in [1.82, 2.24) is 0 Å². The van der Waals surface area contributed by atoms with Crippen molar-refractivity contribution in [2.75, 3.05) is 5.32 Å². The molecule has 0 amide bonds. The van der Waals surface area contributed by atoms with Crippen LogP contribution in [-0.4, -0.2) is 6.04 Å². The first kappa shape index (κ1) is 15.1. The van der Waals surface area contributed by atoms with Crippen molar-refractivity contribution < 1.29 is 0 Å². The molecular formula is C15H14Br3N. The lowest BCUT2D eigenvalue weighted by Crippen LogP contribution is -2.18. The van der Waals surface area contributed by atoms with Crippen LogP contribution in [0.3, 0.4) is 0 Å². The second-order valence-corrected chi connectivity index (χ2v) is 7.10. The summed E-state index contributed by atoms with van der Waals surface area (Å²) in [5, 5.41) is 3.54. The average molecular weight is 448 g/mol. The molecule has 0 spiro atoms. The highest BCUT2D eigenvalue weighted by molar-refractivity contribution is 9.11. The lowest BCUT2D eigenvalue weighted by atomic mass is 10.1. The molecule has 0 fully saturated rings. The highest BCUT2D eigenvalue weighted by atomic mass is 79.9. The van der Waals surface area contributed by atoms with E-state index < -0.39 is 0 Å². The molecule has 1 N–H and O–H groups in total. The van der Waals surface area contributed by atoms with Crippen molar-refractivity contribution >= 4 is 53.5 Å². The van der Waals surface area contributed by atoms with Gasteiger partial charge in [-0.05, 0) is 75.0 Å². The second-order valence-electron chi connectivity index (χ2n) is 4.47. The van der Waals surface area contributed by atoms with E-state index in [9.17, 15) is 0 Å². The molecule has 0 radical (unpaired) electrons. The van der Waals surface area contributed by atoms with Crippen LogP contribution in [0.4, 0.5) is 5.69 Å². The minimum atomic E-state index is 0.358. The Kier molecular flexibility index (Phi) is 5.48. The van der Waals surface area contributed by atoms with Gasteiger partial charge in [0.05, 0.1) is 5.69 Å². The van der Waals surface area contributed by atoms with E-state index in [1.807, 2.05) is 18.2 Å². The molecule has 0 aromatic heterocycles. The molecule has 100 valence electrons. The minimum Gasteiger partial charge on any atom is -0.380 e. The van der Waals surface area contributed by atoms with Crippen LogP contribution in [0.15, 0.2) is 55.9 Å². The first-order chi connectivity index (χ1) is 9.06. The first-order valence-corrected chi connectivity index (χ1v) is 8.39. The van der Waals surface area contributed by atoms with Gasteiger partial charge < -0.3 is 5.32 Å². The van der Waals surface area contributed by atoms with Crippen molar-refractivity contribution in [3.05, 3.63) is 61.4 Å². The molecule has 0 bridgehead atoms. The van der Waals surface area contributed by atoms with Crippen LogP contribution >= 0.6 is 47.8 Å². The fourth-order valence-electron chi connectivity index (χ4n) is 1.91. The molecule has 2 aromatic rings. The predicted molar refractivity (Wildman–Crippen MR) is 92.8 cm³/mol. The molecule has 1 nitrogen and oxygen atoms in total. The Hall–Kier alpha value is -0.320. The zero-order chi connectivity index (χ0) is 13.8. The summed E-state index contributed by atoms with van der Waals surface area (Å²) in [5.74, 6) is 0.